The predicted molar refractivity (Wildman–Crippen MR) is 139 cm³/mol. The van der Waals surface area contributed by atoms with Crippen LogP contribution in [0, 0.1) is 0 Å². The zero-order valence-corrected chi connectivity index (χ0v) is 21.5. The highest BCUT2D eigenvalue weighted by atomic mass is 16.5. The molecule has 3 aromatic rings. The maximum Gasteiger partial charge on any atom is 0.341 e. The summed E-state index contributed by atoms with van der Waals surface area (Å²) in [5, 5.41) is 1.54. The second kappa shape index (κ2) is 13.3. The van der Waals surface area contributed by atoms with E-state index in [4.69, 9.17) is 13.9 Å². The summed E-state index contributed by atoms with van der Waals surface area (Å²) in [7, 11) is 0. The Kier molecular flexibility index (Phi) is 10.1. The van der Waals surface area contributed by atoms with Crippen molar-refractivity contribution in [3.8, 4) is 0 Å². The number of carbonyl (C=O) groups excluding carboxylic acids is 2. The van der Waals surface area contributed by atoms with Crippen LogP contribution in [0.2, 0.25) is 0 Å². The zero-order valence-electron chi connectivity index (χ0n) is 21.5. The van der Waals surface area contributed by atoms with E-state index in [2.05, 4.69) is 37.5 Å². The van der Waals surface area contributed by atoms with E-state index in [9.17, 15) is 9.59 Å². The number of hydrogen-bond donors (Lipinski definition) is 0. The van der Waals surface area contributed by atoms with Crippen molar-refractivity contribution < 1.29 is 23.5 Å². The van der Waals surface area contributed by atoms with E-state index in [1.807, 2.05) is 24.3 Å². The number of rotatable bonds is 14. The van der Waals surface area contributed by atoms with Gasteiger partial charge in [0.2, 0.25) is 0 Å². The molecule has 0 saturated carbocycles. The summed E-state index contributed by atoms with van der Waals surface area (Å²) in [6.45, 7) is 14.8. The highest BCUT2D eigenvalue weighted by molar-refractivity contribution is 6.15. The van der Waals surface area contributed by atoms with Crippen molar-refractivity contribution in [3.63, 3.8) is 0 Å². The highest BCUT2D eigenvalue weighted by Crippen LogP contribution is 2.33. The van der Waals surface area contributed by atoms with Crippen LogP contribution in [0.25, 0.3) is 21.9 Å². The van der Waals surface area contributed by atoms with E-state index < -0.39 is 11.9 Å². The van der Waals surface area contributed by atoms with Crippen LogP contribution in [0.3, 0.4) is 0 Å². The molecule has 0 bridgehead atoms. The van der Waals surface area contributed by atoms with Gasteiger partial charge in [-0.25, -0.2) is 9.59 Å². The van der Waals surface area contributed by atoms with Crippen LogP contribution < -0.4 is 0 Å². The van der Waals surface area contributed by atoms with Gasteiger partial charge in [-0.05, 0) is 51.2 Å². The van der Waals surface area contributed by atoms with Crippen LogP contribution in [0.1, 0.15) is 61.3 Å². The summed E-state index contributed by atoms with van der Waals surface area (Å²) in [5.41, 5.74) is 1.58. The summed E-state index contributed by atoms with van der Waals surface area (Å²) in [6, 6.07) is 10.8. The van der Waals surface area contributed by atoms with Crippen LogP contribution in [0.4, 0.5) is 0 Å². The lowest BCUT2D eigenvalue weighted by Gasteiger charge is -2.17. The van der Waals surface area contributed by atoms with Crippen molar-refractivity contribution in [2.45, 2.75) is 40.5 Å². The number of carbonyl (C=O) groups is 2. The third-order valence-electron chi connectivity index (χ3n) is 6.46. The van der Waals surface area contributed by atoms with Gasteiger partial charge < -0.3 is 23.7 Å². The molecule has 0 N–H and O–H groups in total. The van der Waals surface area contributed by atoms with Gasteiger partial charge in [0.05, 0.1) is 13.2 Å². The summed E-state index contributed by atoms with van der Waals surface area (Å²) >= 11 is 0. The fourth-order valence-corrected chi connectivity index (χ4v) is 4.28. The number of esters is 2. The van der Waals surface area contributed by atoms with Gasteiger partial charge in [0, 0.05) is 23.9 Å². The van der Waals surface area contributed by atoms with Gasteiger partial charge in [0.15, 0.2) is 0 Å². The minimum Gasteiger partial charge on any atom is -0.462 e. The van der Waals surface area contributed by atoms with Crippen molar-refractivity contribution in [2.24, 2.45) is 0 Å². The fourth-order valence-electron chi connectivity index (χ4n) is 4.28. The molecule has 7 heteroatoms. The van der Waals surface area contributed by atoms with E-state index in [1.54, 1.807) is 12.1 Å². The van der Waals surface area contributed by atoms with Gasteiger partial charge in [-0.15, -0.1) is 0 Å². The van der Waals surface area contributed by atoms with Crippen molar-refractivity contribution >= 4 is 33.9 Å². The second-order valence-electron chi connectivity index (χ2n) is 8.50. The van der Waals surface area contributed by atoms with Crippen LogP contribution in [-0.4, -0.2) is 74.2 Å². The Hall–Kier alpha value is -2.90. The molecule has 3 rings (SSSR count). The third-order valence-corrected chi connectivity index (χ3v) is 6.46. The average molecular weight is 483 g/mol. The minimum atomic E-state index is -0.422. The normalized spacial score (nSPS) is 11.6. The lowest BCUT2D eigenvalue weighted by Crippen LogP contribution is -2.25. The Balaban J connectivity index is 1.73. The Morgan fingerprint density at radius 3 is 1.46 bits per heavy atom. The van der Waals surface area contributed by atoms with E-state index in [0.29, 0.717) is 35.5 Å². The third kappa shape index (κ3) is 6.61. The van der Waals surface area contributed by atoms with Crippen molar-refractivity contribution in [1.82, 2.24) is 9.80 Å². The minimum absolute atomic E-state index is 0.344. The number of fused-ring (bicyclic) bond motifs is 3. The average Bonchev–Trinajstić information content (AvgIpc) is 3.27. The van der Waals surface area contributed by atoms with Crippen molar-refractivity contribution in [1.29, 1.82) is 0 Å². The molecule has 0 aliphatic rings. The van der Waals surface area contributed by atoms with Gasteiger partial charge in [-0.2, -0.15) is 0 Å². The molecule has 35 heavy (non-hydrogen) atoms. The summed E-state index contributed by atoms with van der Waals surface area (Å²) in [6.07, 6.45) is 1.54. The van der Waals surface area contributed by atoms with Gasteiger partial charge in [0.25, 0.3) is 0 Å². The Bertz CT molecular complexity index is 1030. The molecule has 0 saturated heterocycles. The molecule has 0 fully saturated rings. The van der Waals surface area contributed by atoms with Gasteiger partial charge in [-0.3, -0.25) is 0 Å². The quantitative estimate of drug-likeness (QED) is 0.226. The first-order valence-corrected chi connectivity index (χ1v) is 12.8. The van der Waals surface area contributed by atoms with Crippen LogP contribution in [-0.2, 0) is 9.47 Å². The van der Waals surface area contributed by atoms with Gasteiger partial charge >= 0.3 is 11.9 Å². The molecule has 2 aromatic carbocycles. The smallest absolute Gasteiger partial charge is 0.341 e. The number of nitrogens with zero attached hydrogens (tertiary/aromatic N) is 2. The molecule has 1 aromatic heterocycles. The standard InChI is InChI=1S/C28H38N2O5/c1-5-29(6-2)17-11-19-33-27(31)23-15-9-13-21-22-14-10-16-24(26(22)35-25(21)23)28(32)34-20-12-18-30(7-3)8-4/h9-10,13-16H,5-8,11-12,17-20H2,1-4H3. The van der Waals surface area contributed by atoms with Crippen LogP contribution in [0.5, 0.6) is 0 Å². The summed E-state index contributed by atoms with van der Waals surface area (Å²) in [4.78, 5) is 30.2. The lowest BCUT2D eigenvalue weighted by molar-refractivity contribution is 0.0483. The molecular weight excluding hydrogens is 444 g/mol. The molecule has 0 spiro atoms. The maximum absolute atomic E-state index is 12.8. The molecule has 0 amide bonds. The molecule has 1 heterocycles. The first-order chi connectivity index (χ1) is 17.0. The van der Waals surface area contributed by atoms with Gasteiger partial charge in [0.1, 0.15) is 22.3 Å². The van der Waals surface area contributed by atoms with E-state index in [1.165, 1.54) is 0 Å². The monoisotopic (exact) mass is 482 g/mol. The fraction of sp³-hybridized carbons (Fsp3) is 0.500. The molecule has 0 unspecified atom stereocenters. The van der Waals surface area contributed by atoms with Crippen molar-refractivity contribution in [3.05, 3.63) is 47.5 Å². The van der Waals surface area contributed by atoms with Crippen LogP contribution in [0.15, 0.2) is 40.8 Å². The molecule has 0 aliphatic heterocycles. The SMILES string of the molecule is CCN(CC)CCCOC(=O)c1cccc2c1oc1c(C(=O)OCCCN(CC)CC)cccc12. The maximum atomic E-state index is 12.8. The first-order valence-electron chi connectivity index (χ1n) is 12.8. The topological polar surface area (TPSA) is 72.2 Å². The number of hydrogen-bond acceptors (Lipinski definition) is 7. The molecular formula is C28H38N2O5. The molecule has 0 aliphatic carbocycles. The van der Waals surface area contributed by atoms with E-state index >= 15 is 0 Å². The molecule has 0 radical (unpaired) electrons. The van der Waals surface area contributed by atoms with E-state index in [0.717, 1.165) is 62.9 Å². The highest BCUT2D eigenvalue weighted by Gasteiger charge is 2.21. The van der Waals surface area contributed by atoms with Crippen molar-refractivity contribution in [2.75, 3.05) is 52.5 Å². The largest absolute Gasteiger partial charge is 0.462 e. The Morgan fingerprint density at radius 1 is 0.686 bits per heavy atom. The molecule has 190 valence electrons. The Labute approximate surface area is 207 Å². The molecule has 0 atom stereocenters. The number of para-hydroxylation sites is 2. The lowest BCUT2D eigenvalue weighted by atomic mass is 10.1. The number of ether oxygens (including phenoxy) is 2. The molecule has 7 nitrogen and oxygen atoms in total. The summed E-state index contributed by atoms with van der Waals surface area (Å²) < 4.78 is 17.2. The van der Waals surface area contributed by atoms with Gasteiger partial charge in [-0.1, -0.05) is 52.0 Å². The predicted octanol–water partition coefficient (Wildman–Crippen LogP) is 5.36. The second-order valence-corrected chi connectivity index (χ2v) is 8.50. The Morgan fingerprint density at radius 2 is 1.09 bits per heavy atom. The zero-order chi connectivity index (χ0) is 25.2. The van der Waals surface area contributed by atoms with E-state index in [-0.39, 0.29) is 0 Å². The van der Waals surface area contributed by atoms with Crippen LogP contribution >= 0.6 is 0 Å². The number of benzene rings is 2. The number of furan rings is 1. The summed E-state index contributed by atoms with van der Waals surface area (Å²) in [5.74, 6) is -0.843. The first kappa shape index (κ1) is 26.7.